The molecule has 44 valence electrons. The normalized spacial score (nSPS) is 9.43. The Morgan fingerprint density at radius 2 is 2.43 bits per heavy atom. The van der Waals surface area contributed by atoms with E-state index in [0.717, 1.165) is 18.3 Å². The summed E-state index contributed by atoms with van der Waals surface area (Å²) < 4.78 is 0. The molecule has 0 bridgehead atoms. The number of hydrogen-bond donors (Lipinski definition) is 1. The van der Waals surface area contributed by atoms with Gasteiger partial charge in [-0.05, 0) is 6.42 Å². The van der Waals surface area contributed by atoms with E-state index in [1.54, 1.807) is 7.11 Å². The summed E-state index contributed by atoms with van der Waals surface area (Å²) in [6.07, 6.45) is 1.10. The van der Waals surface area contributed by atoms with Crippen LogP contribution in [0.15, 0.2) is 0 Å². The summed E-state index contributed by atoms with van der Waals surface area (Å²) in [5, 5.41) is 1.03. The Bertz CT molecular complexity index is 30.9. The van der Waals surface area contributed by atoms with E-state index in [0.29, 0.717) is 0 Å². The van der Waals surface area contributed by atoms with E-state index in [9.17, 15) is 0 Å². The molecule has 0 saturated carbocycles. The van der Waals surface area contributed by atoms with Crippen LogP contribution in [0.25, 0.3) is 0 Å². The van der Waals surface area contributed by atoms with Crippen LogP contribution in [0.1, 0.15) is 6.42 Å². The predicted octanol–water partition coefficient (Wildman–Crippen LogP) is 0.922. The molecule has 0 aliphatic rings. The van der Waals surface area contributed by atoms with Gasteiger partial charge in [0.05, 0.1) is 7.11 Å². The van der Waals surface area contributed by atoms with Gasteiger partial charge >= 0.3 is 0 Å². The van der Waals surface area contributed by atoms with Gasteiger partial charge in [-0.15, -0.1) is 0 Å². The predicted molar refractivity (Wildman–Crippen MR) is 33.4 cm³/mol. The molecule has 0 fully saturated rings. The van der Waals surface area contributed by atoms with Crippen molar-refractivity contribution in [2.75, 3.05) is 19.0 Å². The van der Waals surface area contributed by atoms with Crippen molar-refractivity contribution in [1.82, 2.24) is 5.48 Å². The lowest BCUT2D eigenvalue weighted by molar-refractivity contribution is 0.0923. The minimum Gasteiger partial charge on any atom is -0.305 e. The van der Waals surface area contributed by atoms with Crippen molar-refractivity contribution in [1.29, 1.82) is 0 Å². The van der Waals surface area contributed by atoms with E-state index >= 15 is 0 Å². The topological polar surface area (TPSA) is 21.3 Å². The van der Waals surface area contributed by atoms with E-state index in [1.165, 1.54) is 0 Å². The highest BCUT2D eigenvalue weighted by Gasteiger charge is 1.78. The molecule has 0 rings (SSSR count). The van der Waals surface area contributed by atoms with Crippen molar-refractivity contribution in [3.63, 3.8) is 0 Å². The SMILES string of the molecule is CONCCCBr. The van der Waals surface area contributed by atoms with Crippen molar-refractivity contribution >= 4 is 15.9 Å². The first-order chi connectivity index (χ1) is 3.41. The molecule has 7 heavy (non-hydrogen) atoms. The van der Waals surface area contributed by atoms with Gasteiger partial charge < -0.3 is 4.84 Å². The average Bonchev–Trinajstić information content (AvgIpc) is 1.69. The Balaban J connectivity index is 2.45. The Morgan fingerprint density at radius 1 is 1.71 bits per heavy atom. The summed E-state index contributed by atoms with van der Waals surface area (Å²) in [4.78, 5) is 4.57. The highest BCUT2D eigenvalue weighted by molar-refractivity contribution is 9.09. The summed E-state index contributed by atoms with van der Waals surface area (Å²) in [7, 11) is 1.62. The lowest BCUT2D eigenvalue weighted by Gasteiger charge is -1.95. The third kappa shape index (κ3) is 6.40. The standard InChI is InChI=1S/C4H10BrNO/c1-7-6-4-2-3-5/h6H,2-4H2,1H3. The largest absolute Gasteiger partial charge is 0.305 e. The van der Waals surface area contributed by atoms with E-state index in [1.807, 2.05) is 0 Å². The fraction of sp³-hybridized carbons (Fsp3) is 1.00. The van der Waals surface area contributed by atoms with Crippen LogP contribution in [0.4, 0.5) is 0 Å². The molecule has 0 aromatic carbocycles. The molecule has 1 N–H and O–H groups in total. The second-order valence-corrected chi connectivity index (χ2v) is 1.93. The number of hydrogen-bond acceptors (Lipinski definition) is 2. The summed E-state index contributed by atoms with van der Waals surface area (Å²) in [6, 6.07) is 0. The Labute approximate surface area is 52.3 Å². The van der Waals surface area contributed by atoms with Crippen molar-refractivity contribution in [3.8, 4) is 0 Å². The third-order valence-electron chi connectivity index (χ3n) is 0.557. The van der Waals surface area contributed by atoms with Crippen LogP contribution >= 0.6 is 15.9 Å². The van der Waals surface area contributed by atoms with Gasteiger partial charge in [0.15, 0.2) is 0 Å². The minimum atomic E-state index is 0.918. The Morgan fingerprint density at radius 3 is 2.86 bits per heavy atom. The lowest BCUT2D eigenvalue weighted by Crippen LogP contribution is -2.12. The zero-order valence-corrected chi connectivity index (χ0v) is 5.99. The Hall–Kier alpha value is 0.400. The third-order valence-corrected chi connectivity index (χ3v) is 1.12. The second kappa shape index (κ2) is 6.40. The van der Waals surface area contributed by atoms with Crippen molar-refractivity contribution < 1.29 is 4.84 Å². The molecule has 0 aromatic rings. The molecule has 0 radical (unpaired) electrons. The maximum atomic E-state index is 4.57. The molecule has 0 heterocycles. The molecule has 0 unspecified atom stereocenters. The highest BCUT2D eigenvalue weighted by Crippen LogP contribution is 1.82. The van der Waals surface area contributed by atoms with Gasteiger partial charge in [-0.2, -0.15) is 0 Å². The van der Waals surface area contributed by atoms with E-state index in [4.69, 9.17) is 0 Å². The number of rotatable bonds is 4. The molecule has 2 nitrogen and oxygen atoms in total. The van der Waals surface area contributed by atoms with Gasteiger partial charge in [-0.3, -0.25) is 0 Å². The fourth-order valence-corrected chi connectivity index (χ4v) is 0.521. The molecule has 0 aromatic heterocycles. The molecular weight excluding hydrogens is 158 g/mol. The fourth-order valence-electron chi connectivity index (χ4n) is 0.241. The van der Waals surface area contributed by atoms with Crippen LogP contribution in [-0.4, -0.2) is 19.0 Å². The first-order valence-electron chi connectivity index (χ1n) is 2.23. The van der Waals surface area contributed by atoms with Crippen LogP contribution < -0.4 is 5.48 Å². The molecule has 0 atom stereocenters. The molecular formula is C4H10BrNO. The summed E-state index contributed by atoms with van der Waals surface area (Å²) in [5.41, 5.74) is 2.72. The summed E-state index contributed by atoms with van der Waals surface area (Å²) >= 11 is 3.28. The number of hydroxylamine groups is 1. The van der Waals surface area contributed by atoms with Crippen LogP contribution in [0.2, 0.25) is 0 Å². The van der Waals surface area contributed by atoms with E-state index in [-0.39, 0.29) is 0 Å². The van der Waals surface area contributed by atoms with Gasteiger partial charge in [0, 0.05) is 11.9 Å². The van der Waals surface area contributed by atoms with Gasteiger partial charge in [0.1, 0.15) is 0 Å². The molecule has 3 heteroatoms. The van der Waals surface area contributed by atoms with Gasteiger partial charge in [0.2, 0.25) is 0 Å². The molecule has 0 amide bonds. The van der Waals surface area contributed by atoms with E-state index in [2.05, 4.69) is 26.2 Å². The second-order valence-electron chi connectivity index (χ2n) is 1.14. The lowest BCUT2D eigenvalue weighted by atomic mass is 10.5. The highest BCUT2D eigenvalue weighted by atomic mass is 79.9. The molecule has 0 spiro atoms. The van der Waals surface area contributed by atoms with Gasteiger partial charge in [0.25, 0.3) is 0 Å². The van der Waals surface area contributed by atoms with Gasteiger partial charge in [-0.25, -0.2) is 5.48 Å². The van der Waals surface area contributed by atoms with Crippen molar-refractivity contribution in [3.05, 3.63) is 0 Å². The van der Waals surface area contributed by atoms with Gasteiger partial charge in [-0.1, -0.05) is 15.9 Å². The number of nitrogens with one attached hydrogen (secondary N) is 1. The zero-order valence-electron chi connectivity index (χ0n) is 4.41. The zero-order chi connectivity index (χ0) is 5.54. The molecule has 0 aliphatic carbocycles. The van der Waals surface area contributed by atoms with Crippen LogP contribution in [0.3, 0.4) is 0 Å². The van der Waals surface area contributed by atoms with Crippen LogP contribution in [-0.2, 0) is 4.84 Å². The Kier molecular flexibility index (Phi) is 6.77. The monoisotopic (exact) mass is 167 g/mol. The quantitative estimate of drug-likeness (QED) is 0.383. The van der Waals surface area contributed by atoms with Crippen LogP contribution in [0, 0.1) is 0 Å². The summed E-state index contributed by atoms with van der Waals surface area (Å²) in [5.74, 6) is 0. The maximum absolute atomic E-state index is 4.57. The van der Waals surface area contributed by atoms with Crippen molar-refractivity contribution in [2.45, 2.75) is 6.42 Å². The van der Waals surface area contributed by atoms with Crippen molar-refractivity contribution in [2.24, 2.45) is 0 Å². The molecule has 0 aliphatic heterocycles. The first kappa shape index (κ1) is 7.40. The number of alkyl halides is 1. The summed E-state index contributed by atoms with van der Waals surface area (Å²) in [6.45, 7) is 0.918. The average molecular weight is 168 g/mol. The minimum absolute atomic E-state index is 0.918. The number of halogens is 1. The van der Waals surface area contributed by atoms with Crippen LogP contribution in [0.5, 0.6) is 0 Å². The van der Waals surface area contributed by atoms with E-state index < -0.39 is 0 Å². The maximum Gasteiger partial charge on any atom is 0.0572 e. The smallest absolute Gasteiger partial charge is 0.0572 e. The first-order valence-corrected chi connectivity index (χ1v) is 3.35. The molecule has 0 saturated heterocycles.